The molecule has 1 unspecified atom stereocenters. The number of halogens is 2. The number of nitrogens with zero attached hydrogens (tertiary/aromatic N) is 1. The van der Waals surface area contributed by atoms with Gasteiger partial charge in [-0.15, -0.1) is 5.06 Å². The molecule has 0 bridgehead atoms. The Labute approximate surface area is 800 Å². The second-order valence-corrected chi connectivity index (χ2v) is 31.8. The van der Waals surface area contributed by atoms with E-state index >= 15 is 0 Å². The van der Waals surface area contributed by atoms with Crippen LogP contribution in [0.25, 0.3) is 0 Å². The number of imide groups is 1. The van der Waals surface area contributed by atoms with Crippen molar-refractivity contribution in [1.82, 2.24) is 21.0 Å². The third kappa shape index (κ3) is 62.4. The van der Waals surface area contributed by atoms with Gasteiger partial charge in [0.25, 0.3) is 17.7 Å². The zero-order valence-corrected chi connectivity index (χ0v) is 80.8. The first-order chi connectivity index (χ1) is 63.1. The maximum absolute atomic E-state index is 14.1. The zero-order valence-electron chi connectivity index (χ0n) is 76.4. The molecule has 1 heterocycles. The summed E-state index contributed by atoms with van der Waals surface area (Å²) in [5.41, 5.74) is -0.183. The van der Waals surface area contributed by atoms with Crippen LogP contribution in [-0.2, 0) is 173 Å². The van der Waals surface area contributed by atoms with Crippen LogP contribution in [0.15, 0.2) is 42.5 Å². The number of carbonyl (C=O) groups is 8. The van der Waals surface area contributed by atoms with Gasteiger partial charge in [-0.1, -0.05) is 54.2 Å². The maximum Gasteiger partial charge on any atom is 1.00 e. The zero-order chi connectivity index (χ0) is 93.9. The number of ether oxygens (including phenoxy) is 25. The molecule has 2 fully saturated rings. The van der Waals surface area contributed by atoms with Crippen LogP contribution < -0.4 is 50.8 Å². The van der Waals surface area contributed by atoms with Crippen molar-refractivity contribution in [2.45, 2.75) is 89.0 Å². The number of hydrogen-bond donors (Lipinski definition) is 4. The summed E-state index contributed by atoms with van der Waals surface area (Å²) >= 11 is 12.5. The van der Waals surface area contributed by atoms with Crippen LogP contribution in [0, 0.1) is 5.41 Å². The molecule has 0 aromatic heterocycles. The number of amides is 6. The molecular formula is C85H138Cl2N5NaO37S. The average Bonchev–Trinajstić information content (AvgIpc) is 1.66. The summed E-state index contributed by atoms with van der Waals surface area (Å²) in [6.45, 7) is 24.6. The predicted octanol–water partition coefficient (Wildman–Crippen LogP) is -0.279. The van der Waals surface area contributed by atoms with Gasteiger partial charge in [-0.2, -0.15) is 0 Å². The van der Waals surface area contributed by atoms with Gasteiger partial charge < -0.3 is 149 Å². The minimum atomic E-state index is -5.15. The molecule has 42 nitrogen and oxygen atoms in total. The molecule has 2 aromatic rings. The van der Waals surface area contributed by atoms with Crippen LogP contribution in [0.4, 0.5) is 5.69 Å². The Bertz CT molecular complexity index is 3420. The number of carbonyl (C=O) groups excluding carboxylic acids is 8. The number of nitrogens with one attached hydrogen (secondary N) is 4. The van der Waals surface area contributed by atoms with E-state index in [1.165, 1.54) is 0 Å². The quantitative estimate of drug-likeness (QED) is 0.0165. The average molecular weight is 1950 g/mol. The first-order valence-electron chi connectivity index (χ1n) is 43.9. The fourth-order valence-electron chi connectivity index (χ4n) is 11.6. The van der Waals surface area contributed by atoms with E-state index in [2.05, 4.69) is 26.1 Å². The van der Waals surface area contributed by atoms with E-state index in [1.807, 2.05) is 0 Å². The molecule has 746 valence electrons. The van der Waals surface area contributed by atoms with Crippen molar-refractivity contribution in [1.29, 1.82) is 0 Å². The molecule has 46 heteroatoms. The summed E-state index contributed by atoms with van der Waals surface area (Å²) in [5.74, 6) is -7.25. The minimum absolute atomic E-state index is 0. The normalized spacial score (nSPS) is 14.1. The molecule has 131 heavy (non-hydrogen) atoms. The minimum Gasteiger partial charge on any atom is -0.747 e. The number of benzene rings is 2. The third-order valence-electron chi connectivity index (χ3n) is 18.1. The summed E-state index contributed by atoms with van der Waals surface area (Å²) in [6, 6.07) is 10.7. The molecule has 4 N–H and O–H groups in total. The molecule has 2 atom stereocenters. The Kier molecular flexibility index (Phi) is 72.3. The second-order valence-electron chi connectivity index (χ2n) is 29.4. The summed E-state index contributed by atoms with van der Waals surface area (Å²) < 4.78 is 171. The fraction of sp³-hybridized carbons (Fsp3) is 0.765. The van der Waals surface area contributed by atoms with E-state index in [4.69, 9.17) is 142 Å². The van der Waals surface area contributed by atoms with E-state index < -0.39 is 74.4 Å². The van der Waals surface area contributed by atoms with Crippen LogP contribution in [0.1, 0.15) is 81.6 Å². The Hall–Kier alpha value is -5.07. The maximum atomic E-state index is 14.1. The first kappa shape index (κ1) is 120. The molecular weight excluding hydrogens is 1810 g/mol. The monoisotopic (exact) mass is 1950 g/mol. The molecule has 6 amide bonds. The molecule has 1 aliphatic carbocycles. The molecule has 1 aliphatic heterocycles. The summed E-state index contributed by atoms with van der Waals surface area (Å²) in [5, 5.41) is 8.88. The smallest absolute Gasteiger partial charge is 0.747 e. The number of esters is 1. The van der Waals surface area contributed by atoms with E-state index in [-0.39, 0.29) is 114 Å². The van der Waals surface area contributed by atoms with Crippen molar-refractivity contribution in [3.05, 3.63) is 63.6 Å². The van der Waals surface area contributed by atoms with Gasteiger partial charge >= 0.3 is 47.4 Å². The Morgan fingerprint density at radius 1 is 0.443 bits per heavy atom. The first-order valence-corrected chi connectivity index (χ1v) is 46.1. The van der Waals surface area contributed by atoms with Gasteiger partial charge in [0, 0.05) is 31.6 Å². The fourth-order valence-corrected chi connectivity index (χ4v) is 12.8. The van der Waals surface area contributed by atoms with Gasteiger partial charge in [-0.25, -0.2) is 18.0 Å². The van der Waals surface area contributed by atoms with Crippen LogP contribution in [0.5, 0.6) is 0 Å². The number of anilines is 1. The van der Waals surface area contributed by atoms with Crippen LogP contribution >= 0.6 is 23.2 Å². The van der Waals surface area contributed by atoms with Gasteiger partial charge in [0.05, 0.1) is 345 Å². The van der Waals surface area contributed by atoms with Crippen molar-refractivity contribution in [2.24, 2.45) is 5.41 Å². The topological polar surface area (TPSA) is 485 Å². The van der Waals surface area contributed by atoms with Crippen molar-refractivity contribution in [3.8, 4) is 0 Å². The van der Waals surface area contributed by atoms with Crippen LogP contribution in [-0.4, -0.2) is 413 Å². The second kappa shape index (κ2) is 78.9. The summed E-state index contributed by atoms with van der Waals surface area (Å²) in [4.78, 5) is 105. The van der Waals surface area contributed by atoms with Crippen LogP contribution in [0.3, 0.4) is 0 Å². The standard InChI is InChI=1S/C85H139Cl2N5O37S.Na/c1-84(2,3)128-81(98)73(67-69-9-11-70(12-10-69)90-78(95)77-71(86)7-6-8-72(77)87)91-83(100)85(14-4-5-15-85)16-17-88-75(93)13-19-104-21-23-106-25-27-108-29-31-110-33-35-112-37-39-114-41-43-116-45-47-118-49-51-120-53-55-122-57-59-124-61-63-126-65-66-127-64-62-125-60-58-123-56-54-121-52-50-119-48-46-117-44-42-115-40-38-113-36-34-111-32-30-109-28-26-107-24-22-105-20-18-89-79(96)82(99)129-92-76(94)68-74(80(92)97)130(101,102)103;/h6-12,73-74H,4-5,13-68H2,1-3H3,(H,88,93)(H,89,96)(H,90,95)(H,91,100)(H,101,102,103);/q;+1/p-1/t73-,74?;/m0./s1. The molecule has 1 saturated carbocycles. The Balaban J connectivity index is 0.0000442. The van der Waals surface area contributed by atoms with Gasteiger partial charge in [0.1, 0.15) is 27.0 Å². The van der Waals surface area contributed by atoms with E-state index in [0.717, 1.165) is 18.4 Å². The SMILES string of the molecule is CC(C)(C)OC(=O)[C@H](Cc1ccc(NC(=O)c2c(Cl)cccc2Cl)cc1)NC(=O)C1(CCNC(=O)CCOCCOCCOCCOCCOCCOCCOCCOCCOCCOCCOCCOCCOCCOCCOCCOCCOCCOCCOCCOCCOCCOCCOCCOCCNC(=O)C(=O)ON2C(=O)CC(S(=O)(=O)[O-])C2=O)CCCC1.[Na+]. The Morgan fingerprint density at radius 3 is 1.05 bits per heavy atom. The van der Waals surface area contributed by atoms with Gasteiger partial charge in [0.2, 0.25) is 11.8 Å². The van der Waals surface area contributed by atoms with Gasteiger partial charge in [-0.3, -0.25) is 28.8 Å². The molecule has 0 spiro atoms. The van der Waals surface area contributed by atoms with Gasteiger partial charge in [-0.05, 0) is 69.9 Å². The molecule has 2 aliphatic rings. The van der Waals surface area contributed by atoms with Crippen molar-refractivity contribution >= 4 is 86.4 Å². The van der Waals surface area contributed by atoms with E-state index in [9.17, 15) is 51.3 Å². The van der Waals surface area contributed by atoms with Crippen molar-refractivity contribution in [2.75, 3.05) is 336 Å². The third-order valence-corrected chi connectivity index (χ3v) is 19.8. The summed E-state index contributed by atoms with van der Waals surface area (Å²) in [7, 11) is -5.15. The summed E-state index contributed by atoms with van der Waals surface area (Å²) in [6.07, 6.45) is 2.65. The van der Waals surface area contributed by atoms with Crippen LogP contribution in [0.2, 0.25) is 10.0 Å². The molecule has 1 saturated heterocycles. The van der Waals surface area contributed by atoms with Crippen molar-refractivity contribution in [3.63, 3.8) is 0 Å². The predicted molar refractivity (Wildman–Crippen MR) is 464 cm³/mol. The molecule has 4 rings (SSSR count). The van der Waals surface area contributed by atoms with Crippen molar-refractivity contribution < 1.29 is 204 Å². The molecule has 0 radical (unpaired) electrons. The number of rotatable bonds is 87. The Morgan fingerprint density at radius 2 is 0.748 bits per heavy atom. The van der Waals surface area contributed by atoms with E-state index in [1.54, 1.807) is 63.2 Å². The van der Waals surface area contributed by atoms with E-state index in [0.29, 0.717) is 316 Å². The molecule has 2 aromatic carbocycles. The van der Waals surface area contributed by atoms with Gasteiger partial charge in [0.15, 0.2) is 0 Å². The number of hydrogen-bond acceptors (Lipinski definition) is 37. The number of hydroxylamine groups is 2. The largest absolute Gasteiger partial charge is 1.00 e.